The Labute approximate surface area is 198 Å². The van der Waals surface area contributed by atoms with Crippen molar-refractivity contribution in [1.29, 1.82) is 0 Å². The lowest BCUT2D eigenvalue weighted by atomic mass is 9.94. The number of ether oxygens (including phenoxy) is 2. The van der Waals surface area contributed by atoms with Crippen LogP contribution < -0.4 is 19.5 Å². The minimum atomic E-state index is -3.83. The fourth-order valence-electron chi connectivity index (χ4n) is 4.34. The third kappa shape index (κ3) is 4.53. The second-order valence-corrected chi connectivity index (χ2v) is 10.4. The summed E-state index contributed by atoms with van der Waals surface area (Å²) in [7, 11) is -3.83. The maximum atomic E-state index is 13.0. The molecule has 2 aliphatic rings. The van der Waals surface area contributed by atoms with E-state index in [1.807, 2.05) is 0 Å². The normalized spacial score (nSPS) is 16.5. The number of fused-ring (bicyclic) bond motifs is 1. The van der Waals surface area contributed by atoms with Crippen molar-refractivity contribution in [2.45, 2.75) is 56.3 Å². The summed E-state index contributed by atoms with van der Waals surface area (Å²) in [5.74, 6) is 0.769. The number of sulfonamides is 1. The molecule has 3 aromatic rings. The van der Waals surface area contributed by atoms with Crippen molar-refractivity contribution in [2.24, 2.45) is 0 Å². The molecule has 0 radical (unpaired) electrons. The van der Waals surface area contributed by atoms with Gasteiger partial charge in [0.2, 0.25) is 10.0 Å². The van der Waals surface area contributed by atoms with Gasteiger partial charge in [-0.05, 0) is 61.7 Å². The van der Waals surface area contributed by atoms with Gasteiger partial charge in [-0.2, -0.15) is 0 Å². The highest BCUT2D eigenvalue weighted by Crippen LogP contribution is 2.46. The second kappa shape index (κ2) is 8.81. The number of carbonyl (C=O) groups is 1. The van der Waals surface area contributed by atoms with Gasteiger partial charge in [-0.3, -0.25) is 4.79 Å². The van der Waals surface area contributed by atoms with Crippen molar-refractivity contribution in [3.63, 3.8) is 0 Å². The van der Waals surface area contributed by atoms with Gasteiger partial charge in [0.1, 0.15) is 5.76 Å². The second-order valence-electron chi connectivity index (χ2n) is 8.67. The number of amides is 1. The van der Waals surface area contributed by atoms with E-state index in [4.69, 9.17) is 13.9 Å². The number of carbonyl (C=O) groups excluding carboxylic acids is 1. The van der Waals surface area contributed by atoms with Crippen LogP contribution in [0.5, 0.6) is 11.5 Å². The van der Waals surface area contributed by atoms with Gasteiger partial charge in [0.25, 0.3) is 11.7 Å². The van der Waals surface area contributed by atoms with E-state index < -0.39 is 21.7 Å². The molecule has 0 atom stereocenters. The van der Waals surface area contributed by atoms with Crippen LogP contribution in [0.2, 0.25) is 0 Å². The molecular weight excluding hydrogens is 456 g/mol. The standard InChI is InChI=1S/C25H26N2O6S/c1-17-7-9-20(34(29,30)26-16-19-6-5-13-31-19)15-21(17)24(28)27-18-8-10-22-23(14-18)33-25(32-22)11-3-2-4-12-25/h5-10,13-15,26H,2-4,11-12,16H2,1H3,(H,27,28). The summed E-state index contributed by atoms with van der Waals surface area (Å²) in [5, 5.41) is 2.85. The Kier molecular flexibility index (Phi) is 5.83. The number of rotatable bonds is 6. The fourth-order valence-corrected chi connectivity index (χ4v) is 5.36. The maximum Gasteiger partial charge on any atom is 0.255 e. The summed E-state index contributed by atoms with van der Waals surface area (Å²) >= 11 is 0. The minimum Gasteiger partial charge on any atom is -0.468 e. The third-order valence-corrected chi connectivity index (χ3v) is 7.59. The lowest BCUT2D eigenvalue weighted by Gasteiger charge is -2.31. The van der Waals surface area contributed by atoms with Crippen LogP contribution >= 0.6 is 0 Å². The third-order valence-electron chi connectivity index (χ3n) is 6.19. The number of anilines is 1. The highest BCUT2D eigenvalue weighted by atomic mass is 32.2. The van der Waals surface area contributed by atoms with E-state index in [1.54, 1.807) is 43.3 Å². The van der Waals surface area contributed by atoms with E-state index in [0.29, 0.717) is 28.5 Å². The molecule has 0 saturated heterocycles. The maximum absolute atomic E-state index is 13.0. The Hall–Kier alpha value is -3.30. The van der Waals surface area contributed by atoms with E-state index >= 15 is 0 Å². The first kappa shape index (κ1) is 22.5. The smallest absolute Gasteiger partial charge is 0.255 e. The average Bonchev–Trinajstić information content (AvgIpc) is 3.45. The molecule has 1 aliphatic heterocycles. The molecule has 0 bridgehead atoms. The number of furan rings is 1. The van der Waals surface area contributed by atoms with E-state index in [-0.39, 0.29) is 17.0 Å². The molecule has 2 aromatic carbocycles. The molecule has 1 spiro atoms. The Morgan fingerprint density at radius 3 is 2.56 bits per heavy atom. The quantitative estimate of drug-likeness (QED) is 0.525. The molecule has 34 heavy (non-hydrogen) atoms. The molecule has 178 valence electrons. The Morgan fingerprint density at radius 2 is 1.79 bits per heavy atom. The fraction of sp³-hybridized carbons (Fsp3) is 0.320. The van der Waals surface area contributed by atoms with Gasteiger partial charge < -0.3 is 19.2 Å². The summed E-state index contributed by atoms with van der Waals surface area (Å²) in [6.45, 7) is 1.78. The topological polar surface area (TPSA) is 107 Å². The molecule has 2 N–H and O–H groups in total. The number of hydrogen-bond donors (Lipinski definition) is 2. The molecule has 9 heteroatoms. The zero-order valence-corrected chi connectivity index (χ0v) is 19.6. The minimum absolute atomic E-state index is 0.000247. The largest absolute Gasteiger partial charge is 0.468 e. The molecule has 1 saturated carbocycles. The predicted molar refractivity (Wildman–Crippen MR) is 125 cm³/mol. The highest BCUT2D eigenvalue weighted by molar-refractivity contribution is 7.89. The highest BCUT2D eigenvalue weighted by Gasteiger charge is 2.42. The van der Waals surface area contributed by atoms with Crippen molar-refractivity contribution in [2.75, 3.05) is 5.32 Å². The summed E-state index contributed by atoms with van der Waals surface area (Å²) in [6, 6.07) is 13.1. The predicted octanol–water partition coefficient (Wildman–Crippen LogP) is 4.75. The first-order valence-electron chi connectivity index (χ1n) is 11.3. The Bertz CT molecular complexity index is 1310. The zero-order chi connectivity index (χ0) is 23.8. The van der Waals surface area contributed by atoms with Gasteiger partial charge in [0.05, 0.1) is 17.7 Å². The lowest BCUT2D eigenvalue weighted by molar-refractivity contribution is -0.105. The van der Waals surface area contributed by atoms with Crippen LogP contribution in [0, 0.1) is 6.92 Å². The molecule has 0 unspecified atom stereocenters. The van der Waals surface area contributed by atoms with E-state index in [1.165, 1.54) is 24.8 Å². The van der Waals surface area contributed by atoms with Crippen LogP contribution in [-0.2, 0) is 16.6 Å². The molecular formula is C25H26N2O6S. The Balaban J connectivity index is 1.31. The summed E-state index contributed by atoms with van der Waals surface area (Å²) in [5.41, 5.74) is 1.47. The van der Waals surface area contributed by atoms with Crippen molar-refractivity contribution < 1.29 is 27.1 Å². The van der Waals surface area contributed by atoms with Crippen LogP contribution in [0.25, 0.3) is 0 Å². The van der Waals surface area contributed by atoms with Crippen molar-refractivity contribution in [3.8, 4) is 11.5 Å². The van der Waals surface area contributed by atoms with Gasteiger partial charge in [0, 0.05) is 30.2 Å². The van der Waals surface area contributed by atoms with Gasteiger partial charge in [0.15, 0.2) is 11.5 Å². The number of aryl methyl sites for hydroxylation is 1. The van der Waals surface area contributed by atoms with Crippen LogP contribution in [0.3, 0.4) is 0 Å². The molecule has 1 amide bonds. The van der Waals surface area contributed by atoms with Crippen molar-refractivity contribution in [1.82, 2.24) is 4.72 Å². The summed E-state index contributed by atoms with van der Waals surface area (Å²) < 4.78 is 45.3. The van der Waals surface area contributed by atoms with Gasteiger partial charge in [-0.1, -0.05) is 12.5 Å². The molecule has 1 aromatic heterocycles. The van der Waals surface area contributed by atoms with Crippen LogP contribution in [-0.4, -0.2) is 20.1 Å². The van der Waals surface area contributed by atoms with Crippen LogP contribution in [0.4, 0.5) is 5.69 Å². The number of nitrogens with one attached hydrogen (secondary N) is 2. The van der Waals surface area contributed by atoms with Gasteiger partial charge in [-0.15, -0.1) is 0 Å². The Morgan fingerprint density at radius 1 is 1.00 bits per heavy atom. The average molecular weight is 483 g/mol. The summed E-state index contributed by atoms with van der Waals surface area (Å²) in [4.78, 5) is 13.0. The van der Waals surface area contributed by atoms with Crippen molar-refractivity contribution >= 4 is 21.6 Å². The molecule has 8 nitrogen and oxygen atoms in total. The molecule has 1 aliphatic carbocycles. The van der Waals surface area contributed by atoms with Gasteiger partial charge in [-0.25, -0.2) is 13.1 Å². The van der Waals surface area contributed by atoms with E-state index in [9.17, 15) is 13.2 Å². The van der Waals surface area contributed by atoms with Crippen molar-refractivity contribution in [3.05, 3.63) is 71.7 Å². The van der Waals surface area contributed by atoms with E-state index in [0.717, 1.165) is 25.7 Å². The number of benzene rings is 2. The van der Waals surface area contributed by atoms with Crippen LogP contribution in [0.1, 0.15) is 53.8 Å². The number of hydrogen-bond acceptors (Lipinski definition) is 6. The van der Waals surface area contributed by atoms with E-state index in [2.05, 4.69) is 10.0 Å². The zero-order valence-electron chi connectivity index (χ0n) is 18.8. The SMILES string of the molecule is Cc1ccc(S(=O)(=O)NCc2ccco2)cc1C(=O)Nc1ccc2c(c1)OC1(CCCCC1)O2. The lowest BCUT2D eigenvalue weighted by Crippen LogP contribution is -2.40. The monoisotopic (exact) mass is 482 g/mol. The summed E-state index contributed by atoms with van der Waals surface area (Å²) in [6.07, 6.45) is 6.47. The molecule has 2 heterocycles. The van der Waals surface area contributed by atoms with Gasteiger partial charge >= 0.3 is 0 Å². The molecule has 5 rings (SSSR count). The van der Waals surface area contributed by atoms with Crippen LogP contribution in [0.15, 0.2) is 64.1 Å². The first-order chi connectivity index (χ1) is 16.3. The molecule has 1 fully saturated rings. The first-order valence-corrected chi connectivity index (χ1v) is 12.8.